The van der Waals surface area contributed by atoms with E-state index in [4.69, 9.17) is 5.73 Å². The van der Waals surface area contributed by atoms with Gasteiger partial charge in [-0.15, -0.1) is 0 Å². The zero-order chi connectivity index (χ0) is 12.1. The van der Waals surface area contributed by atoms with Gasteiger partial charge in [0.15, 0.2) is 0 Å². The van der Waals surface area contributed by atoms with Gasteiger partial charge in [0.2, 0.25) is 0 Å². The van der Waals surface area contributed by atoms with Crippen molar-refractivity contribution in [3.05, 3.63) is 34.1 Å². The van der Waals surface area contributed by atoms with Crippen LogP contribution in [0.4, 0.5) is 4.39 Å². The predicted octanol–water partition coefficient (Wildman–Crippen LogP) is 1.99. The highest BCUT2D eigenvalue weighted by molar-refractivity contribution is 9.10. The summed E-state index contributed by atoms with van der Waals surface area (Å²) in [6, 6.07) is 3.92. The van der Waals surface area contributed by atoms with Crippen LogP contribution >= 0.6 is 28.1 Å². The number of hydrogen-bond donors (Lipinski definition) is 2. The van der Waals surface area contributed by atoms with E-state index in [1.807, 2.05) is 0 Å². The van der Waals surface area contributed by atoms with Crippen LogP contribution < -0.4 is 11.1 Å². The lowest BCUT2D eigenvalue weighted by atomic mass is 10.2. The lowest BCUT2D eigenvalue weighted by molar-refractivity contribution is 0.0953. The molecule has 3 nitrogen and oxygen atoms in total. The van der Waals surface area contributed by atoms with Gasteiger partial charge in [-0.25, -0.2) is 4.39 Å². The summed E-state index contributed by atoms with van der Waals surface area (Å²) in [6.07, 6.45) is 0.425. The molecule has 6 heteroatoms. The van der Waals surface area contributed by atoms with E-state index >= 15 is 0 Å². The second-order valence-corrected chi connectivity index (χ2v) is 4.48. The normalized spacial score (nSPS) is 9.88. The molecule has 0 saturated carbocycles. The molecule has 0 aliphatic carbocycles. The Kier molecular flexibility index (Phi) is 4.82. The molecule has 0 bridgehead atoms. The molecule has 0 saturated heterocycles. The molecule has 0 atom stereocenters. The first kappa shape index (κ1) is 13.1. The average molecular weight is 305 g/mol. The van der Waals surface area contributed by atoms with Crippen LogP contribution in [0.1, 0.15) is 16.8 Å². The van der Waals surface area contributed by atoms with Crippen LogP contribution in [0.15, 0.2) is 22.7 Å². The molecule has 1 rings (SSSR count). The van der Waals surface area contributed by atoms with E-state index in [1.54, 1.807) is 0 Å². The molecular formula is C10H10BrFN2OS. The van der Waals surface area contributed by atoms with Crippen molar-refractivity contribution in [1.29, 1.82) is 0 Å². The van der Waals surface area contributed by atoms with Crippen LogP contribution in [0.3, 0.4) is 0 Å². The van der Waals surface area contributed by atoms with Crippen LogP contribution in [0.2, 0.25) is 0 Å². The molecule has 0 heterocycles. The molecule has 86 valence electrons. The first-order chi connectivity index (χ1) is 7.50. The number of benzene rings is 1. The Balaban J connectivity index is 2.65. The van der Waals surface area contributed by atoms with Crippen molar-refractivity contribution in [3.63, 3.8) is 0 Å². The molecule has 0 aliphatic heterocycles. The maximum atomic E-state index is 12.9. The van der Waals surface area contributed by atoms with Gasteiger partial charge in [0, 0.05) is 17.4 Å². The van der Waals surface area contributed by atoms with Gasteiger partial charge >= 0.3 is 0 Å². The third-order valence-electron chi connectivity index (χ3n) is 1.83. The van der Waals surface area contributed by atoms with E-state index in [2.05, 4.69) is 33.5 Å². The number of amides is 1. The SMILES string of the molecule is NC(=S)CCNC(=O)c1cc(F)ccc1Br. The Morgan fingerprint density at radius 2 is 2.25 bits per heavy atom. The Morgan fingerprint density at radius 3 is 2.88 bits per heavy atom. The van der Waals surface area contributed by atoms with E-state index < -0.39 is 5.82 Å². The highest BCUT2D eigenvalue weighted by Gasteiger charge is 2.10. The largest absolute Gasteiger partial charge is 0.393 e. The van der Waals surface area contributed by atoms with Crippen molar-refractivity contribution in [3.8, 4) is 0 Å². The highest BCUT2D eigenvalue weighted by Crippen LogP contribution is 2.17. The number of halogens is 2. The lowest BCUT2D eigenvalue weighted by Gasteiger charge is -2.06. The molecule has 0 radical (unpaired) electrons. The van der Waals surface area contributed by atoms with Crippen molar-refractivity contribution in [2.24, 2.45) is 5.73 Å². The minimum absolute atomic E-state index is 0.253. The fourth-order valence-electron chi connectivity index (χ4n) is 1.07. The standard InChI is InChI=1S/C10H10BrFN2OS/c11-8-2-1-6(12)5-7(8)10(15)14-4-3-9(13)16/h1-2,5H,3-4H2,(H2,13,16)(H,14,15). The molecule has 0 fully saturated rings. The minimum Gasteiger partial charge on any atom is -0.393 e. The van der Waals surface area contributed by atoms with Gasteiger partial charge < -0.3 is 11.1 Å². The van der Waals surface area contributed by atoms with E-state index in [-0.39, 0.29) is 11.5 Å². The van der Waals surface area contributed by atoms with Gasteiger partial charge in [0.05, 0.1) is 10.6 Å². The van der Waals surface area contributed by atoms with Crippen LogP contribution in [0.5, 0.6) is 0 Å². The molecule has 0 spiro atoms. The molecule has 16 heavy (non-hydrogen) atoms. The van der Waals surface area contributed by atoms with Gasteiger partial charge in [-0.1, -0.05) is 12.2 Å². The van der Waals surface area contributed by atoms with E-state index in [0.717, 1.165) is 0 Å². The molecule has 0 aromatic heterocycles. The number of carbonyl (C=O) groups excluding carboxylic acids is 1. The van der Waals surface area contributed by atoms with E-state index in [1.165, 1.54) is 18.2 Å². The predicted molar refractivity (Wildman–Crippen MR) is 67.8 cm³/mol. The monoisotopic (exact) mass is 304 g/mol. The summed E-state index contributed by atoms with van der Waals surface area (Å²) in [5, 5.41) is 2.60. The molecule has 1 amide bonds. The summed E-state index contributed by atoms with van der Waals surface area (Å²) in [6.45, 7) is 0.344. The molecule has 0 unspecified atom stereocenters. The van der Waals surface area contributed by atoms with Crippen molar-refractivity contribution >= 4 is 39.0 Å². The van der Waals surface area contributed by atoms with Crippen LogP contribution in [0.25, 0.3) is 0 Å². The van der Waals surface area contributed by atoms with E-state index in [9.17, 15) is 9.18 Å². The number of hydrogen-bond acceptors (Lipinski definition) is 2. The molecular weight excluding hydrogens is 295 g/mol. The molecule has 3 N–H and O–H groups in total. The van der Waals surface area contributed by atoms with Gasteiger partial charge in [-0.2, -0.15) is 0 Å². The highest BCUT2D eigenvalue weighted by atomic mass is 79.9. The Bertz CT molecular complexity index is 425. The van der Waals surface area contributed by atoms with Crippen LogP contribution in [0, 0.1) is 5.82 Å². The van der Waals surface area contributed by atoms with Crippen LogP contribution in [-0.2, 0) is 0 Å². The minimum atomic E-state index is -0.456. The fourth-order valence-corrected chi connectivity index (χ4v) is 1.59. The zero-order valence-electron chi connectivity index (χ0n) is 8.30. The Labute approximate surface area is 106 Å². The second kappa shape index (κ2) is 5.91. The Morgan fingerprint density at radius 1 is 1.56 bits per heavy atom. The van der Waals surface area contributed by atoms with Crippen molar-refractivity contribution in [2.45, 2.75) is 6.42 Å². The zero-order valence-corrected chi connectivity index (χ0v) is 10.7. The number of nitrogens with one attached hydrogen (secondary N) is 1. The number of carbonyl (C=O) groups is 1. The maximum Gasteiger partial charge on any atom is 0.252 e. The number of thiocarbonyl (C=S) groups is 1. The summed E-state index contributed by atoms with van der Waals surface area (Å²) >= 11 is 7.84. The smallest absolute Gasteiger partial charge is 0.252 e. The third-order valence-corrected chi connectivity index (χ3v) is 2.73. The van der Waals surface area contributed by atoms with E-state index in [0.29, 0.717) is 22.4 Å². The Hall–Kier alpha value is -1.01. The third kappa shape index (κ3) is 3.86. The average Bonchev–Trinajstić information content (AvgIpc) is 2.21. The molecule has 1 aromatic carbocycles. The van der Waals surface area contributed by atoms with Gasteiger partial charge in [0.25, 0.3) is 5.91 Å². The van der Waals surface area contributed by atoms with Gasteiger partial charge in [0.1, 0.15) is 5.82 Å². The maximum absolute atomic E-state index is 12.9. The number of rotatable bonds is 4. The van der Waals surface area contributed by atoms with Crippen molar-refractivity contribution < 1.29 is 9.18 Å². The quantitative estimate of drug-likeness (QED) is 0.837. The summed E-state index contributed by atoms with van der Waals surface area (Å²) in [5.41, 5.74) is 5.53. The topological polar surface area (TPSA) is 55.1 Å². The summed E-state index contributed by atoms with van der Waals surface area (Å²) in [7, 11) is 0. The summed E-state index contributed by atoms with van der Waals surface area (Å²) < 4.78 is 13.5. The first-order valence-corrected chi connectivity index (χ1v) is 5.72. The van der Waals surface area contributed by atoms with Gasteiger partial charge in [-0.05, 0) is 34.1 Å². The second-order valence-electron chi connectivity index (χ2n) is 3.10. The fraction of sp³-hybridized carbons (Fsp3) is 0.200. The summed E-state index contributed by atoms with van der Waals surface area (Å²) in [5.74, 6) is -0.815. The molecule has 0 aliphatic rings. The van der Waals surface area contributed by atoms with Gasteiger partial charge in [-0.3, -0.25) is 4.79 Å². The summed E-state index contributed by atoms with van der Waals surface area (Å²) in [4.78, 5) is 11.9. The number of nitrogens with two attached hydrogens (primary N) is 1. The van der Waals surface area contributed by atoms with Crippen molar-refractivity contribution in [1.82, 2.24) is 5.32 Å². The van der Waals surface area contributed by atoms with Crippen molar-refractivity contribution in [2.75, 3.05) is 6.54 Å². The molecule has 1 aromatic rings. The first-order valence-electron chi connectivity index (χ1n) is 4.52. The lowest BCUT2D eigenvalue weighted by Crippen LogP contribution is -2.27. The van der Waals surface area contributed by atoms with Crippen LogP contribution in [-0.4, -0.2) is 17.4 Å².